The smallest absolute Gasteiger partial charge is 0.223 e. The van der Waals surface area contributed by atoms with E-state index in [0.29, 0.717) is 13.2 Å². The van der Waals surface area contributed by atoms with Crippen LogP contribution >= 0.6 is 11.8 Å². The number of ether oxygens (including phenoxy) is 1. The fourth-order valence-electron chi connectivity index (χ4n) is 3.18. The highest BCUT2D eigenvalue weighted by molar-refractivity contribution is 7.98. The summed E-state index contributed by atoms with van der Waals surface area (Å²) in [5, 5.41) is 3.08. The molecule has 1 aliphatic heterocycles. The van der Waals surface area contributed by atoms with Gasteiger partial charge < -0.3 is 19.4 Å². The summed E-state index contributed by atoms with van der Waals surface area (Å²) in [5.74, 6) is 4.69. The molecular formula is C21H28N2O3S. The first-order chi connectivity index (χ1) is 13.1. The second-order valence-corrected chi connectivity index (χ2v) is 8.20. The summed E-state index contributed by atoms with van der Waals surface area (Å²) in [6.07, 6.45) is 1.50. The predicted octanol–water partition coefficient (Wildman–Crippen LogP) is 3.33. The number of benzene rings is 1. The molecule has 0 radical (unpaired) electrons. The van der Waals surface area contributed by atoms with Gasteiger partial charge in [0.2, 0.25) is 5.91 Å². The van der Waals surface area contributed by atoms with E-state index in [0.717, 1.165) is 53.7 Å². The highest BCUT2D eigenvalue weighted by Crippen LogP contribution is 2.26. The van der Waals surface area contributed by atoms with E-state index in [1.165, 1.54) is 0 Å². The van der Waals surface area contributed by atoms with Gasteiger partial charge in [0.25, 0.3) is 0 Å². The molecule has 5 nitrogen and oxygen atoms in total. The number of fused-ring (bicyclic) bond motifs is 1. The molecule has 0 saturated heterocycles. The molecule has 1 atom stereocenters. The Balaban J connectivity index is 1.36. The first kappa shape index (κ1) is 19.8. The Hall–Kier alpha value is -1.92. The van der Waals surface area contributed by atoms with Gasteiger partial charge in [-0.2, -0.15) is 11.8 Å². The summed E-state index contributed by atoms with van der Waals surface area (Å²) in [5.41, 5.74) is 1.12. The van der Waals surface area contributed by atoms with Crippen molar-refractivity contribution in [1.82, 2.24) is 10.2 Å². The van der Waals surface area contributed by atoms with E-state index in [9.17, 15) is 4.79 Å². The molecule has 1 aliphatic rings. The molecule has 2 aromatic rings. The molecule has 146 valence electrons. The molecule has 0 bridgehead atoms. The van der Waals surface area contributed by atoms with Crippen molar-refractivity contribution >= 4 is 17.7 Å². The van der Waals surface area contributed by atoms with E-state index in [1.807, 2.05) is 50.5 Å². The molecule has 1 aromatic heterocycles. The molecule has 1 amide bonds. The fraction of sp³-hybridized carbons (Fsp3) is 0.476. The number of rotatable bonds is 8. The largest absolute Gasteiger partial charge is 0.493 e. The van der Waals surface area contributed by atoms with Gasteiger partial charge in [0, 0.05) is 18.2 Å². The summed E-state index contributed by atoms with van der Waals surface area (Å²) in [7, 11) is 4.05. The van der Waals surface area contributed by atoms with Crippen LogP contribution in [0.2, 0.25) is 0 Å². The van der Waals surface area contributed by atoms with Gasteiger partial charge in [-0.15, -0.1) is 0 Å². The van der Waals surface area contributed by atoms with Gasteiger partial charge >= 0.3 is 0 Å². The maximum Gasteiger partial charge on any atom is 0.223 e. The first-order valence-electron chi connectivity index (χ1n) is 9.40. The standard InChI is InChI=1S/C21H28N2O3S/c1-23(2)14-18-7-8-19(26-18)15-27-12-10-22-21(24)17-9-11-25-20-6-4-3-5-16(20)13-17/h3-8,17H,9-15H2,1-2H3,(H,22,24). The van der Waals surface area contributed by atoms with Gasteiger partial charge in [0.15, 0.2) is 0 Å². The van der Waals surface area contributed by atoms with Crippen molar-refractivity contribution < 1.29 is 13.9 Å². The summed E-state index contributed by atoms with van der Waals surface area (Å²) in [4.78, 5) is 14.6. The summed E-state index contributed by atoms with van der Waals surface area (Å²) < 4.78 is 11.5. The molecule has 27 heavy (non-hydrogen) atoms. The lowest BCUT2D eigenvalue weighted by molar-refractivity contribution is -0.125. The summed E-state index contributed by atoms with van der Waals surface area (Å²) >= 11 is 1.77. The van der Waals surface area contributed by atoms with Crippen LogP contribution in [0.25, 0.3) is 0 Å². The van der Waals surface area contributed by atoms with Crippen LogP contribution in [0.4, 0.5) is 0 Å². The van der Waals surface area contributed by atoms with Crippen molar-refractivity contribution in [3.63, 3.8) is 0 Å². The van der Waals surface area contributed by atoms with E-state index in [-0.39, 0.29) is 11.8 Å². The van der Waals surface area contributed by atoms with E-state index < -0.39 is 0 Å². The zero-order chi connectivity index (χ0) is 19.1. The predicted molar refractivity (Wildman–Crippen MR) is 109 cm³/mol. The van der Waals surface area contributed by atoms with Crippen molar-refractivity contribution in [3.05, 3.63) is 53.5 Å². The minimum absolute atomic E-state index is 0.0164. The zero-order valence-electron chi connectivity index (χ0n) is 16.1. The van der Waals surface area contributed by atoms with E-state index in [4.69, 9.17) is 9.15 Å². The summed E-state index contributed by atoms with van der Waals surface area (Å²) in [6.45, 7) is 2.08. The highest BCUT2D eigenvalue weighted by atomic mass is 32.2. The molecule has 0 spiro atoms. The van der Waals surface area contributed by atoms with Gasteiger partial charge in [0.1, 0.15) is 17.3 Å². The third-order valence-electron chi connectivity index (χ3n) is 4.51. The van der Waals surface area contributed by atoms with Gasteiger partial charge in [-0.3, -0.25) is 4.79 Å². The van der Waals surface area contributed by atoms with Crippen LogP contribution in [0.3, 0.4) is 0 Å². The number of nitrogens with one attached hydrogen (secondary N) is 1. The Morgan fingerprint density at radius 1 is 1.22 bits per heavy atom. The molecule has 0 saturated carbocycles. The SMILES string of the molecule is CN(C)Cc1ccc(CSCCNC(=O)C2CCOc3ccccc3C2)o1. The molecule has 1 unspecified atom stereocenters. The molecule has 1 N–H and O–H groups in total. The maximum atomic E-state index is 12.5. The fourth-order valence-corrected chi connectivity index (χ4v) is 3.92. The van der Waals surface area contributed by atoms with Crippen LogP contribution in [-0.2, 0) is 23.5 Å². The van der Waals surface area contributed by atoms with Crippen molar-refractivity contribution in [2.45, 2.75) is 25.1 Å². The average Bonchev–Trinajstić information content (AvgIpc) is 2.96. The van der Waals surface area contributed by atoms with Crippen molar-refractivity contribution in [1.29, 1.82) is 0 Å². The third-order valence-corrected chi connectivity index (χ3v) is 5.49. The van der Waals surface area contributed by atoms with Crippen molar-refractivity contribution in [3.8, 4) is 5.75 Å². The minimum Gasteiger partial charge on any atom is -0.493 e. The summed E-state index contributed by atoms with van der Waals surface area (Å²) in [6, 6.07) is 12.1. The molecule has 0 fully saturated rings. The number of nitrogens with zero attached hydrogens (tertiary/aromatic N) is 1. The molecular weight excluding hydrogens is 360 g/mol. The van der Waals surface area contributed by atoms with Crippen LogP contribution in [0.15, 0.2) is 40.8 Å². The number of thioether (sulfide) groups is 1. The highest BCUT2D eigenvalue weighted by Gasteiger charge is 2.23. The Morgan fingerprint density at radius 2 is 2.04 bits per heavy atom. The average molecular weight is 389 g/mol. The Bertz CT molecular complexity index is 745. The number of carbonyl (C=O) groups is 1. The normalized spacial score (nSPS) is 16.5. The number of hydrogen-bond acceptors (Lipinski definition) is 5. The number of hydrogen-bond donors (Lipinski definition) is 1. The second-order valence-electron chi connectivity index (χ2n) is 7.10. The van der Waals surface area contributed by atoms with Gasteiger partial charge in [-0.1, -0.05) is 18.2 Å². The van der Waals surface area contributed by atoms with Crippen molar-refractivity contribution in [2.75, 3.05) is 33.0 Å². The van der Waals surface area contributed by atoms with Gasteiger partial charge in [0.05, 0.1) is 18.9 Å². The number of amides is 1. The Labute approximate surface area is 165 Å². The molecule has 1 aromatic carbocycles. The van der Waals surface area contributed by atoms with Gasteiger partial charge in [-0.05, 0) is 50.7 Å². The van der Waals surface area contributed by atoms with Gasteiger partial charge in [-0.25, -0.2) is 0 Å². The topological polar surface area (TPSA) is 54.7 Å². The lowest BCUT2D eigenvalue weighted by Crippen LogP contribution is -2.33. The maximum absolute atomic E-state index is 12.5. The van der Waals surface area contributed by atoms with E-state index >= 15 is 0 Å². The van der Waals surface area contributed by atoms with Crippen LogP contribution < -0.4 is 10.1 Å². The van der Waals surface area contributed by atoms with Crippen LogP contribution in [-0.4, -0.2) is 43.8 Å². The van der Waals surface area contributed by atoms with Crippen LogP contribution in [0.1, 0.15) is 23.5 Å². The Morgan fingerprint density at radius 3 is 2.89 bits per heavy atom. The van der Waals surface area contributed by atoms with Crippen molar-refractivity contribution in [2.24, 2.45) is 5.92 Å². The molecule has 6 heteroatoms. The number of carbonyl (C=O) groups excluding carboxylic acids is 1. The third kappa shape index (κ3) is 6.04. The first-order valence-corrected chi connectivity index (χ1v) is 10.6. The van der Waals surface area contributed by atoms with E-state index in [2.05, 4.69) is 10.2 Å². The number of para-hydroxylation sites is 1. The molecule has 0 aliphatic carbocycles. The quantitative estimate of drug-likeness (QED) is 0.703. The monoisotopic (exact) mass is 388 g/mol. The Kier molecular flexibility index (Phi) is 7.24. The molecule has 2 heterocycles. The van der Waals surface area contributed by atoms with Crippen LogP contribution in [0.5, 0.6) is 5.75 Å². The second kappa shape index (κ2) is 9.85. The zero-order valence-corrected chi connectivity index (χ0v) is 16.9. The number of furan rings is 1. The minimum atomic E-state index is -0.0164. The van der Waals surface area contributed by atoms with Crippen LogP contribution in [0, 0.1) is 5.92 Å². The molecule has 3 rings (SSSR count). The van der Waals surface area contributed by atoms with E-state index in [1.54, 1.807) is 11.8 Å². The lowest BCUT2D eigenvalue weighted by Gasteiger charge is -2.13. The lowest BCUT2D eigenvalue weighted by atomic mass is 9.96.